The molecule has 0 aliphatic heterocycles. The van der Waals surface area contributed by atoms with Crippen molar-refractivity contribution >= 4 is 54.6 Å². The molecule has 0 bridgehead atoms. The lowest BCUT2D eigenvalue weighted by Gasteiger charge is -2.13. The van der Waals surface area contributed by atoms with Gasteiger partial charge in [-0.2, -0.15) is 0 Å². The van der Waals surface area contributed by atoms with Crippen molar-refractivity contribution in [1.82, 2.24) is 0 Å². The van der Waals surface area contributed by atoms with Gasteiger partial charge in [-0.05, 0) is 85.5 Å². The molecule has 8 rings (SSSR count). The van der Waals surface area contributed by atoms with Crippen molar-refractivity contribution in [2.75, 3.05) is 0 Å². The predicted octanol–water partition coefficient (Wildman–Crippen LogP) is 13.9. The molecule has 0 unspecified atom stereocenters. The molecule has 0 spiro atoms. The Morgan fingerprint density at radius 3 is 1.92 bits per heavy atom. The van der Waals surface area contributed by atoms with E-state index >= 15 is 0 Å². The maximum Gasteiger partial charge on any atom is 0.143 e. The fourth-order valence-electron chi connectivity index (χ4n) is 7.21. The fourth-order valence-corrected chi connectivity index (χ4v) is 7.21. The second-order valence-electron chi connectivity index (χ2n) is 12.6. The van der Waals surface area contributed by atoms with Gasteiger partial charge in [0, 0.05) is 16.3 Å². The molecule has 0 radical (unpaired) electrons. The summed E-state index contributed by atoms with van der Waals surface area (Å²) in [6.45, 7) is 4.48. The number of hydrogen-bond acceptors (Lipinski definition) is 1. The summed E-state index contributed by atoms with van der Waals surface area (Å²) in [5.41, 5.74) is 11.8. The Hall–Kier alpha value is -5.66. The zero-order valence-corrected chi connectivity index (χ0v) is 27.5. The average Bonchev–Trinajstić information content (AvgIpc) is 3.53. The van der Waals surface area contributed by atoms with Crippen molar-refractivity contribution in [3.63, 3.8) is 0 Å². The Morgan fingerprint density at radius 2 is 1.17 bits per heavy atom. The lowest BCUT2D eigenvalue weighted by atomic mass is 9.91. The van der Waals surface area contributed by atoms with Gasteiger partial charge in [0.2, 0.25) is 0 Å². The summed E-state index contributed by atoms with van der Waals surface area (Å²) in [6, 6.07) is 52.7. The molecule has 232 valence electrons. The van der Waals surface area contributed by atoms with Crippen molar-refractivity contribution in [3.05, 3.63) is 169 Å². The van der Waals surface area contributed by atoms with E-state index in [1.165, 1.54) is 60.5 Å². The third-order valence-electron chi connectivity index (χ3n) is 9.54. The molecule has 0 amide bonds. The quantitative estimate of drug-likeness (QED) is 0.122. The van der Waals surface area contributed by atoms with Crippen molar-refractivity contribution in [2.24, 2.45) is 0 Å². The van der Waals surface area contributed by atoms with Gasteiger partial charge in [0.05, 0.1) is 0 Å². The van der Waals surface area contributed by atoms with Crippen molar-refractivity contribution in [2.45, 2.75) is 33.1 Å². The van der Waals surface area contributed by atoms with Crippen LogP contribution in [0.4, 0.5) is 0 Å². The molecule has 0 fully saturated rings. The number of hydrogen-bond donors (Lipinski definition) is 0. The van der Waals surface area contributed by atoms with E-state index in [9.17, 15) is 0 Å². The predicted molar refractivity (Wildman–Crippen MR) is 207 cm³/mol. The molecule has 0 saturated carbocycles. The SMILES string of the molecule is CC/C=C(/C=C(\CCC)c1ccc(-c2cccc3c2oc2ccccc23)cc1)c1ccc(-c2cc3ccccc3c3ccccc23)cc1. The highest BCUT2D eigenvalue weighted by molar-refractivity contribution is 6.14. The summed E-state index contributed by atoms with van der Waals surface area (Å²) >= 11 is 0. The van der Waals surface area contributed by atoms with Crippen LogP contribution in [0.2, 0.25) is 0 Å². The Labute approximate surface area is 282 Å². The van der Waals surface area contributed by atoms with Gasteiger partial charge < -0.3 is 4.42 Å². The van der Waals surface area contributed by atoms with Crippen LogP contribution in [-0.2, 0) is 0 Å². The van der Waals surface area contributed by atoms with Crippen LogP contribution in [0.15, 0.2) is 162 Å². The molecule has 7 aromatic carbocycles. The molecule has 0 aliphatic carbocycles. The lowest BCUT2D eigenvalue weighted by Crippen LogP contribution is -1.90. The lowest BCUT2D eigenvalue weighted by molar-refractivity contribution is 0.670. The van der Waals surface area contributed by atoms with Gasteiger partial charge in [0.25, 0.3) is 0 Å². The normalized spacial score (nSPS) is 12.5. The zero-order chi connectivity index (χ0) is 32.5. The first-order valence-corrected chi connectivity index (χ1v) is 17.1. The monoisotopic (exact) mass is 618 g/mol. The maximum absolute atomic E-state index is 6.34. The highest BCUT2D eigenvalue weighted by atomic mass is 16.3. The van der Waals surface area contributed by atoms with Crippen molar-refractivity contribution in [3.8, 4) is 22.3 Å². The highest BCUT2D eigenvalue weighted by Crippen LogP contribution is 2.38. The molecule has 0 aliphatic rings. The van der Waals surface area contributed by atoms with Crippen LogP contribution < -0.4 is 0 Å². The largest absolute Gasteiger partial charge is 0.455 e. The summed E-state index contributed by atoms with van der Waals surface area (Å²) in [5, 5.41) is 7.48. The molecular weight excluding hydrogens is 581 g/mol. The average molecular weight is 619 g/mol. The topological polar surface area (TPSA) is 13.1 Å². The van der Waals surface area contributed by atoms with Gasteiger partial charge in [-0.3, -0.25) is 0 Å². The second kappa shape index (κ2) is 12.9. The number of para-hydroxylation sites is 2. The first kappa shape index (κ1) is 29.7. The summed E-state index contributed by atoms with van der Waals surface area (Å²) in [4.78, 5) is 0. The first-order chi connectivity index (χ1) is 23.7. The number of rotatable bonds is 8. The van der Waals surface area contributed by atoms with Gasteiger partial charge in [0.1, 0.15) is 11.2 Å². The van der Waals surface area contributed by atoms with Gasteiger partial charge in [-0.15, -0.1) is 0 Å². The van der Waals surface area contributed by atoms with E-state index in [0.717, 1.165) is 46.8 Å². The minimum Gasteiger partial charge on any atom is -0.455 e. The van der Waals surface area contributed by atoms with Gasteiger partial charge in [0.15, 0.2) is 0 Å². The van der Waals surface area contributed by atoms with E-state index < -0.39 is 0 Å². The van der Waals surface area contributed by atoms with Gasteiger partial charge in [-0.1, -0.05) is 166 Å². The standard InChI is InChI=1S/C47H38O/c1-3-12-36(32-22-26-34(27-23-32)40-19-11-20-44-43-18-9-10-21-46(43)48-47(40)44)30-37(13-4-2)33-24-28-35(29-25-33)45-31-38-14-5-6-15-39(38)41-16-7-8-17-42(41)45/h5-11,13-31H,3-4,12H2,1-2H3/b36-30+,37-13-. The van der Waals surface area contributed by atoms with E-state index in [0.29, 0.717) is 0 Å². The summed E-state index contributed by atoms with van der Waals surface area (Å²) in [7, 11) is 0. The minimum atomic E-state index is 0.929. The van der Waals surface area contributed by atoms with Crippen molar-refractivity contribution in [1.29, 1.82) is 0 Å². The van der Waals surface area contributed by atoms with E-state index in [-0.39, 0.29) is 0 Å². The van der Waals surface area contributed by atoms with Crippen LogP contribution in [0, 0.1) is 0 Å². The van der Waals surface area contributed by atoms with E-state index in [1.54, 1.807) is 0 Å². The number of benzene rings is 7. The molecule has 0 saturated heterocycles. The Morgan fingerprint density at radius 1 is 0.542 bits per heavy atom. The smallest absolute Gasteiger partial charge is 0.143 e. The summed E-state index contributed by atoms with van der Waals surface area (Å²) in [6.07, 6.45) is 7.83. The Balaban J connectivity index is 1.13. The third-order valence-corrected chi connectivity index (χ3v) is 9.54. The van der Waals surface area contributed by atoms with E-state index in [1.807, 2.05) is 12.1 Å². The molecule has 1 aromatic heterocycles. The highest BCUT2D eigenvalue weighted by Gasteiger charge is 2.13. The fraction of sp³-hybridized carbons (Fsp3) is 0.106. The van der Waals surface area contributed by atoms with Crippen molar-refractivity contribution < 1.29 is 4.42 Å². The third kappa shape index (κ3) is 5.42. The van der Waals surface area contributed by atoms with Crippen LogP contribution in [0.5, 0.6) is 0 Å². The zero-order valence-electron chi connectivity index (χ0n) is 27.5. The Kier molecular flexibility index (Phi) is 7.96. The molecule has 48 heavy (non-hydrogen) atoms. The molecule has 8 aromatic rings. The summed E-state index contributed by atoms with van der Waals surface area (Å²) < 4.78 is 6.34. The molecule has 0 atom stereocenters. The van der Waals surface area contributed by atoms with Gasteiger partial charge >= 0.3 is 0 Å². The molecular formula is C47H38O. The second-order valence-corrected chi connectivity index (χ2v) is 12.6. The first-order valence-electron chi connectivity index (χ1n) is 17.1. The van der Waals surface area contributed by atoms with Crippen LogP contribution in [-0.4, -0.2) is 0 Å². The van der Waals surface area contributed by atoms with Crippen LogP contribution in [0.1, 0.15) is 44.2 Å². The Bertz CT molecular complexity index is 2470. The minimum absolute atomic E-state index is 0.929. The molecule has 1 heterocycles. The number of fused-ring (bicyclic) bond motifs is 6. The molecule has 1 heteroatoms. The van der Waals surface area contributed by atoms with Gasteiger partial charge in [-0.25, -0.2) is 0 Å². The maximum atomic E-state index is 6.34. The molecule has 1 nitrogen and oxygen atoms in total. The summed E-state index contributed by atoms with van der Waals surface area (Å²) in [5.74, 6) is 0. The van der Waals surface area contributed by atoms with Crippen LogP contribution in [0.3, 0.4) is 0 Å². The number of allylic oxidation sites excluding steroid dienone is 4. The van der Waals surface area contributed by atoms with E-state index in [4.69, 9.17) is 4.42 Å². The van der Waals surface area contributed by atoms with Crippen LogP contribution >= 0.6 is 0 Å². The number of furan rings is 1. The van der Waals surface area contributed by atoms with E-state index in [2.05, 4.69) is 159 Å². The van der Waals surface area contributed by atoms with Crippen LogP contribution in [0.25, 0.3) is 76.9 Å². The molecule has 0 N–H and O–H groups in total.